The van der Waals surface area contributed by atoms with E-state index in [1.807, 2.05) is 66.7 Å². The third-order valence-electron chi connectivity index (χ3n) is 7.88. The lowest BCUT2D eigenvalue weighted by Crippen LogP contribution is -2.70. The molecule has 0 aliphatic carbocycles. The minimum Gasteiger partial charge on any atom is -0.405 e. The molecule has 0 spiro atoms. The first-order chi connectivity index (χ1) is 19.6. The van der Waals surface area contributed by atoms with E-state index in [1.54, 1.807) is 6.26 Å². The summed E-state index contributed by atoms with van der Waals surface area (Å²) in [4.78, 5) is 3.01. The van der Waals surface area contributed by atoms with E-state index in [0.717, 1.165) is 10.4 Å². The lowest BCUT2D eigenvalue weighted by atomic mass is 9.79. The smallest absolute Gasteiger partial charge is 0.261 e. The minimum absolute atomic E-state index is 0.0298. The van der Waals surface area contributed by atoms with Gasteiger partial charge in [0, 0.05) is 12.0 Å². The molecular weight excluding hydrogens is 555 g/mol. The van der Waals surface area contributed by atoms with Crippen LogP contribution in [0.2, 0.25) is 5.04 Å². The zero-order valence-electron chi connectivity index (χ0n) is 24.1. The Morgan fingerprint density at radius 1 is 1.00 bits per heavy atom. The molecule has 218 valence electrons. The molecule has 1 fully saturated rings. The molecular formula is C31H39N3O5SSi. The first-order valence-electron chi connectivity index (χ1n) is 13.6. The Balaban J connectivity index is 1.75. The summed E-state index contributed by atoms with van der Waals surface area (Å²) >= 11 is 1.27. The molecule has 8 nitrogen and oxygen atoms in total. The first-order valence-corrected chi connectivity index (χ1v) is 16.8. The molecule has 3 aromatic carbocycles. The molecule has 2 N–H and O–H groups in total. The topological polar surface area (TPSA) is 117 Å². The van der Waals surface area contributed by atoms with Gasteiger partial charge in [0.15, 0.2) is 0 Å². The maximum absolute atomic E-state index is 12.2. The molecule has 1 aliphatic rings. The van der Waals surface area contributed by atoms with Gasteiger partial charge >= 0.3 is 0 Å². The average Bonchev–Trinajstić information content (AvgIpc) is 2.98. The second-order valence-electron chi connectivity index (χ2n) is 11.3. The predicted octanol–water partition coefficient (Wildman–Crippen LogP) is 4.81. The van der Waals surface area contributed by atoms with Crippen molar-refractivity contribution in [3.8, 4) is 0 Å². The molecule has 0 saturated carbocycles. The van der Waals surface area contributed by atoms with Crippen molar-refractivity contribution in [1.82, 2.24) is 0 Å². The molecule has 0 amide bonds. The maximum Gasteiger partial charge on any atom is 0.261 e. The van der Waals surface area contributed by atoms with Crippen molar-refractivity contribution < 1.29 is 24.1 Å². The van der Waals surface area contributed by atoms with Crippen molar-refractivity contribution >= 4 is 30.5 Å². The third kappa shape index (κ3) is 5.84. The van der Waals surface area contributed by atoms with Crippen LogP contribution in [0.4, 0.5) is 0 Å². The van der Waals surface area contributed by atoms with Gasteiger partial charge < -0.3 is 24.1 Å². The molecule has 0 aromatic heterocycles. The summed E-state index contributed by atoms with van der Waals surface area (Å²) in [6, 6.07) is 28.3. The van der Waals surface area contributed by atoms with Crippen LogP contribution in [0.15, 0.2) is 96.1 Å². The standard InChI is InChI=1S/C31H39N3O5SSi/c1-30(2,3)41(23-17-11-7-12-18-23,24-19-13-8-14-20-24)38-21-25-26(35)27(33-34-32)31(36,29(39-25)40-5)28(37-4)22-15-9-6-10-16-22/h6-20,25-29,35-36H,21H2,1-5H3/t25?,26-,27-,28?,29-,31?/m0/s1. The molecule has 3 aromatic rings. The highest BCUT2D eigenvalue weighted by atomic mass is 32.2. The zero-order chi connectivity index (χ0) is 29.7. The quantitative estimate of drug-likeness (QED) is 0.151. The number of thioether (sulfide) groups is 1. The summed E-state index contributed by atoms with van der Waals surface area (Å²) < 4.78 is 19.2. The number of nitrogens with zero attached hydrogens (tertiary/aromatic N) is 3. The van der Waals surface area contributed by atoms with Gasteiger partial charge in [-0.1, -0.05) is 117 Å². The van der Waals surface area contributed by atoms with E-state index < -0.39 is 43.7 Å². The van der Waals surface area contributed by atoms with Gasteiger partial charge in [-0.3, -0.25) is 0 Å². The lowest BCUT2D eigenvalue weighted by Gasteiger charge is -2.52. The number of hydrogen-bond acceptors (Lipinski definition) is 7. The highest BCUT2D eigenvalue weighted by Crippen LogP contribution is 2.46. The summed E-state index contributed by atoms with van der Waals surface area (Å²) in [5.41, 5.74) is 7.44. The van der Waals surface area contributed by atoms with Gasteiger partial charge in [0.25, 0.3) is 8.32 Å². The number of hydrogen-bond donors (Lipinski definition) is 2. The van der Waals surface area contributed by atoms with Crippen molar-refractivity contribution in [1.29, 1.82) is 0 Å². The molecule has 0 radical (unpaired) electrons. The van der Waals surface area contributed by atoms with Crippen molar-refractivity contribution in [3.63, 3.8) is 0 Å². The van der Waals surface area contributed by atoms with Gasteiger partial charge in [-0.05, 0) is 32.8 Å². The predicted molar refractivity (Wildman–Crippen MR) is 166 cm³/mol. The van der Waals surface area contributed by atoms with Gasteiger partial charge in [-0.2, -0.15) is 0 Å². The van der Waals surface area contributed by atoms with Crippen LogP contribution in [0.1, 0.15) is 32.4 Å². The molecule has 3 unspecified atom stereocenters. The number of aliphatic hydroxyl groups is 2. The fraction of sp³-hybridized carbons (Fsp3) is 0.419. The first kappa shape index (κ1) is 31.3. The monoisotopic (exact) mass is 593 g/mol. The zero-order valence-corrected chi connectivity index (χ0v) is 25.9. The van der Waals surface area contributed by atoms with Crippen LogP contribution >= 0.6 is 11.8 Å². The highest BCUT2D eigenvalue weighted by Gasteiger charge is 2.60. The Labute approximate surface area is 247 Å². The Morgan fingerprint density at radius 3 is 1.95 bits per heavy atom. The minimum atomic E-state index is -2.94. The van der Waals surface area contributed by atoms with Gasteiger partial charge in [0.05, 0.1) is 12.7 Å². The van der Waals surface area contributed by atoms with Crippen molar-refractivity contribution in [2.75, 3.05) is 20.0 Å². The summed E-state index contributed by atoms with van der Waals surface area (Å²) in [5, 5.41) is 29.7. The van der Waals surface area contributed by atoms with Crippen LogP contribution in [-0.4, -0.2) is 67.8 Å². The largest absolute Gasteiger partial charge is 0.405 e. The molecule has 10 heteroatoms. The van der Waals surface area contributed by atoms with E-state index in [-0.39, 0.29) is 11.6 Å². The number of aliphatic hydroxyl groups excluding tert-OH is 1. The normalized spacial score (nSPS) is 25.7. The summed E-state index contributed by atoms with van der Waals surface area (Å²) in [6.45, 7) is 6.55. The van der Waals surface area contributed by atoms with Crippen LogP contribution in [0, 0.1) is 0 Å². The molecule has 4 rings (SSSR count). The van der Waals surface area contributed by atoms with E-state index in [0.29, 0.717) is 5.56 Å². The molecule has 1 heterocycles. The number of azide groups is 1. The van der Waals surface area contributed by atoms with Crippen LogP contribution < -0.4 is 10.4 Å². The number of ether oxygens (including phenoxy) is 2. The maximum atomic E-state index is 12.2. The molecule has 1 saturated heterocycles. The second kappa shape index (κ2) is 13.1. The molecule has 1 aliphatic heterocycles. The van der Waals surface area contributed by atoms with Crippen LogP contribution in [0.5, 0.6) is 0 Å². The van der Waals surface area contributed by atoms with Crippen LogP contribution in [-0.2, 0) is 13.9 Å². The SMILES string of the molecule is COC(c1ccccc1)C1(O)[C@H](SC)OC(CO[Si](c2ccccc2)(c2ccccc2)C(C)(C)C)[C@H](O)[C@@H]1N=[N+]=[N-]. The van der Waals surface area contributed by atoms with E-state index in [9.17, 15) is 15.7 Å². The van der Waals surface area contributed by atoms with Crippen molar-refractivity contribution in [2.24, 2.45) is 5.11 Å². The van der Waals surface area contributed by atoms with E-state index in [1.165, 1.54) is 18.9 Å². The van der Waals surface area contributed by atoms with Crippen molar-refractivity contribution in [2.45, 2.75) is 61.2 Å². The van der Waals surface area contributed by atoms with Crippen LogP contribution in [0.3, 0.4) is 0 Å². The van der Waals surface area contributed by atoms with Gasteiger partial charge in [-0.25, -0.2) is 0 Å². The van der Waals surface area contributed by atoms with E-state index in [4.69, 9.17) is 13.9 Å². The Morgan fingerprint density at radius 2 is 1.51 bits per heavy atom. The van der Waals surface area contributed by atoms with Crippen LogP contribution in [0.25, 0.3) is 10.4 Å². The summed E-state index contributed by atoms with van der Waals surface area (Å²) in [7, 11) is -1.46. The lowest BCUT2D eigenvalue weighted by molar-refractivity contribution is -0.240. The molecule has 6 atom stereocenters. The number of methoxy groups -OCH3 is 1. The van der Waals surface area contributed by atoms with Gasteiger partial charge in [0.1, 0.15) is 29.3 Å². The average molecular weight is 594 g/mol. The summed E-state index contributed by atoms with van der Waals surface area (Å²) in [5.74, 6) is 0. The number of rotatable bonds is 10. The Hall–Kier alpha value is -2.66. The summed E-state index contributed by atoms with van der Waals surface area (Å²) in [6.07, 6.45) is -1.36. The fourth-order valence-electron chi connectivity index (χ4n) is 6.03. The van der Waals surface area contributed by atoms with E-state index in [2.05, 4.69) is 55.1 Å². The Bertz CT molecular complexity index is 1270. The second-order valence-corrected chi connectivity index (χ2v) is 16.5. The molecule has 0 bridgehead atoms. The third-order valence-corrected chi connectivity index (χ3v) is 13.8. The van der Waals surface area contributed by atoms with Gasteiger partial charge in [-0.15, -0.1) is 11.8 Å². The van der Waals surface area contributed by atoms with Gasteiger partial charge in [0.2, 0.25) is 0 Å². The highest BCUT2D eigenvalue weighted by molar-refractivity contribution is 7.99. The number of benzene rings is 3. The van der Waals surface area contributed by atoms with Crippen molar-refractivity contribution in [3.05, 3.63) is 107 Å². The van der Waals surface area contributed by atoms with E-state index >= 15 is 0 Å². The Kier molecular flexibility index (Phi) is 10.00. The fourth-order valence-corrected chi connectivity index (χ4v) is 11.5. The molecule has 41 heavy (non-hydrogen) atoms.